The van der Waals surface area contributed by atoms with Crippen LogP contribution in [0.3, 0.4) is 0 Å². The van der Waals surface area contributed by atoms with Crippen molar-refractivity contribution in [3.63, 3.8) is 0 Å². The predicted molar refractivity (Wildman–Crippen MR) is 118 cm³/mol. The third-order valence-corrected chi connectivity index (χ3v) is 6.77. The third-order valence-electron chi connectivity index (χ3n) is 5.46. The SMILES string of the molecule is CCc1cc(OC2CCN(S(C)(=O)=O)CC2)cc(C(Nc2ccc(C#N)cc2)C(=O)[O-])c1. The highest BCUT2D eigenvalue weighted by Crippen LogP contribution is 2.28. The first-order chi connectivity index (χ1) is 15.2. The molecular weight excluding hydrogens is 430 g/mol. The fraction of sp³-hybridized carbons (Fsp3) is 0.391. The van der Waals surface area contributed by atoms with Gasteiger partial charge in [0.25, 0.3) is 0 Å². The number of ether oxygens (including phenoxy) is 1. The zero-order chi connectivity index (χ0) is 23.3. The first-order valence-electron chi connectivity index (χ1n) is 10.4. The van der Waals surface area contributed by atoms with E-state index in [1.165, 1.54) is 10.6 Å². The lowest BCUT2D eigenvalue weighted by molar-refractivity contribution is -0.307. The quantitative estimate of drug-likeness (QED) is 0.643. The first-order valence-corrected chi connectivity index (χ1v) is 12.3. The molecule has 0 saturated carbocycles. The molecule has 1 unspecified atom stereocenters. The number of benzene rings is 2. The number of hydrogen-bond donors (Lipinski definition) is 1. The number of nitrogens with one attached hydrogen (secondary N) is 1. The summed E-state index contributed by atoms with van der Waals surface area (Å²) in [6, 6.07) is 12.8. The average Bonchev–Trinajstić information content (AvgIpc) is 2.77. The molecule has 9 heteroatoms. The van der Waals surface area contributed by atoms with Crippen LogP contribution in [0.5, 0.6) is 5.75 Å². The standard InChI is InChI=1S/C23H27N3O5S/c1-3-16-12-18(22(23(27)28)25-19-6-4-17(15-24)5-7-19)14-21(13-16)31-20-8-10-26(11-9-20)32(2,29)30/h4-7,12-14,20,22,25H,3,8-11H2,1-2H3,(H,27,28)/p-1. The summed E-state index contributed by atoms with van der Waals surface area (Å²) in [5.74, 6) is -0.736. The number of nitrogens with zero attached hydrogens (tertiary/aromatic N) is 2. The molecule has 3 rings (SSSR count). The minimum absolute atomic E-state index is 0.152. The number of sulfonamides is 1. The highest BCUT2D eigenvalue weighted by Gasteiger charge is 2.26. The van der Waals surface area contributed by atoms with Gasteiger partial charge in [0, 0.05) is 18.8 Å². The Morgan fingerprint density at radius 3 is 2.44 bits per heavy atom. The number of rotatable bonds is 8. The van der Waals surface area contributed by atoms with Gasteiger partial charge in [0.05, 0.1) is 29.9 Å². The lowest BCUT2D eigenvalue weighted by atomic mass is 10.0. The van der Waals surface area contributed by atoms with Crippen molar-refractivity contribution >= 4 is 21.7 Å². The normalized spacial score (nSPS) is 16.2. The maximum atomic E-state index is 11.9. The molecule has 1 saturated heterocycles. The number of carboxylic acid groups (broad SMARTS) is 1. The van der Waals surface area contributed by atoms with Crippen molar-refractivity contribution in [2.24, 2.45) is 0 Å². The zero-order valence-corrected chi connectivity index (χ0v) is 18.9. The fourth-order valence-corrected chi connectivity index (χ4v) is 4.56. The molecule has 32 heavy (non-hydrogen) atoms. The maximum Gasteiger partial charge on any atom is 0.211 e. The number of carboxylic acids is 1. The highest BCUT2D eigenvalue weighted by atomic mass is 32.2. The van der Waals surface area contributed by atoms with Crippen molar-refractivity contribution in [3.8, 4) is 11.8 Å². The second kappa shape index (κ2) is 10.0. The number of carbonyl (C=O) groups excluding carboxylic acids is 1. The van der Waals surface area contributed by atoms with Crippen LogP contribution in [-0.2, 0) is 21.2 Å². The molecule has 0 aliphatic carbocycles. The number of hydrogen-bond acceptors (Lipinski definition) is 7. The third kappa shape index (κ3) is 5.99. The van der Waals surface area contributed by atoms with E-state index in [-0.39, 0.29) is 6.10 Å². The molecule has 0 radical (unpaired) electrons. The highest BCUT2D eigenvalue weighted by molar-refractivity contribution is 7.88. The Morgan fingerprint density at radius 2 is 1.91 bits per heavy atom. The van der Waals surface area contributed by atoms with Gasteiger partial charge in [-0.25, -0.2) is 12.7 Å². The maximum absolute atomic E-state index is 11.9. The van der Waals surface area contributed by atoms with Crippen LogP contribution >= 0.6 is 0 Å². The van der Waals surface area contributed by atoms with Gasteiger partial charge in [0.1, 0.15) is 11.9 Å². The molecule has 0 aromatic heterocycles. The van der Waals surface area contributed by atoms with Crippen molar-refractivity contribution in [3.05, 3.63) is 59.2 Å². The van der Waals surface area contributed by atoms with Gasteiger partial charge in [-0.2, -0.15) is 5.26 Å². The molecule has 0 amide bonds. The van der Waals surface area contributed by atoms with Crippen LogP contribution in [-0.4, -0.2) is 44.1 Å². The first kappa shape index (κ1) is 23.6. The molecule has 1 aliphatic rings. The Labute approximate surface area is 188 Å². The fourth-order valence-electron chi connectivity index (χ4n) is 3.68. The van der Waals surface area contributed by atoms with E-state index in [1.807, 2.05) is 19.1 Å². The van der Waals surface area contributed by atoms with Crippen LogP contribution in [0, 0.1) is 11.3 Å². The Hall–Kier alpha value is -3.09. The summed E-state index contributed by atoms with van der Waals surface area (Å²) >= 11 is 0. The Kier molecular flexibility index (Phi) is 7.38. The van der Waals surface area contributed by atoms with E-state index in [9.17, 15) is 18.3 Å². The lowest BCUT2D eigenvalue weighted by Gasteiger charge is -2.31. The summed E-state index contributed by atoms with van der Waals surface area (Å²) in [6.07, 6.45) is 2.86. The van der Waals surface area contributed by atoms with Crippen molar-refractivity contribution in [2.45, 2.75) is 38.3 Å². The molecule has 8 nitrogen and oxygen atoms in total. The van der Waals surface area contributed by atoms with Crippen molar-refractivity contribution < 1.29 is 23.1 Å². The molecule has 1 atom stereocenters. The summed E-state index contributed by atoms with van der Waals surface area (Å²) in [4.78, 5) is 11.9. The van der Waals surface area contributed by atoms with Crippen LogP contribution < -0.4 is 15.2 Å². The van der Waals surface area contributed by atoms with Crippen LogP contribution in [0.4, 0.5) is 5.69 Å². The van der Waals surface area contributed by atoms with E-state index in [2.05, 4.69) is 5.32 Å². The average molecular weight is 457 g/mol. The second-order valence-corrected chi connectivity index (χ2v) is 9.81. The number of aryl methyl sites for hydroxylation is 1. The van der Waals surface area contributed by atoms with Crippen LogP contribution in [0.25, 0.3) is 0 Å². The van der Waals surface area contributed by atoms with E-state index in [4.69, 9.17) is 10.00 Å². The van der Waals surface area contributed by atoms with Gasteiger partial charge in [-0.05, 0) is 66.8 Å². The van der Waals surface area contributed by atoms with Gasteiger partial charge >= 0.3 is 0 Å². The van der Waals surface area contributed by atoms with Crippen LogP contribution in [0.15, 0.2) is 42.5 Å². The van der Waals surface area contributed by atoms with E-state index < -0.39 is 22.0 Å². The molecule has 1 aliphatic heterocycles. The topological polar surface area (TPSA) is 123 Å². The van der Waals surface area contributed by atoms with E-state index in [0.717, 1.165) is 5.56 Å². The summed E-state index contributed by atoms with van der Waals surface area (Å²) in [6.45, 7) is 2.76. The van der Waals surface area contributed by atoms with E-state index in [0.29, 0.717) is 54.9 Å². The molecule has 2 aromatic rings. The summed E-state index contributed by atoms with van der Waals surface area (Å²) in [7, 11) is -3.22. The molecular formula is C23H26N3O5S-. The van der Waals surface area contributed by atoms with E-state index >= 15 is 0 Å². The van der Waals surface area contributed by atoms with Crippen LogP contribution in [0.2, 0.25) is 0 Å². The van der Waals surface area contributed by atoms with Crippen molar-refractivity contribution in [2.75, 3.05) is 24.7 Å². The molecule has 1 N–H and O–H groups in total. The van der Waals surface area contributed by atoms with Gasteiger partial charge in [-0.3, -0.25) is 0 Å². The Balaban J connectivity index is 1.79. The van der Waals surface area contributed by atoms with Crippen LogP contribution in [0.1, 0.15) is 42.5 Å². The largest absolute Gasteiger partial charge is 0.548 e. The molecule has 0 spiro atoms. The second-order valence-electron chi connectivity index (χ2n) is 7.83. The molecule has 1 fully saturated rings. The minimum atomic E-state index is -3.22. The molecule has 2 aromatic carbocycles. The number of piperidine rings is 1. The van der Waals surface area contributed by atoms with Gasteiger partial charge in [0.15, 0.2) is 0 Å². The smallest absolute Gasteiger partial charge is 0.211 e. The number of carbonyl (C=O) groups is 1. The molecule has 170 valence electrons. The Bertz CT molecular complexity index is 1100. The van der Waals surface area contributed by atoms with Gasteiger partial charge in [-0.1, -0.05) is 13.0 Å². The summed E-state index contributed by atoms with van der Waals surface area (Å²) in [5, 5.41) is 23.8. The summed E-state index contributed by atoms with van der Waals surface area (Å²) < 4.78 is 31.0. The minimum Gasteiger partial charge on any atom is -0.548 e. The summed E-state index contributed by atoms with van der Waals surface area (Å²) in [5.41, 5.74) is 2.44. The van der Waals surface area contributed by atoms with Gasteiger partial charge in [0.2, 0.25) is 10.0 Å². The lowest BCUT2D eigenvalue weighted by Crippen LogP contribution is -2.41. The number of nitriles is 1. The van der Waals surface area contributed by atoms with Gasteiger partial charge in [-0.15, -0.1) is 0 Å². The van der Waals surface area contributed by atoms with Gasteiger partial charge < -0.3 is 20.0 Å². The van der Waals surface area contributed by atoms with Crippen molar-refractivity contribution in [1.29, 1.82) is 5.26 Å². The molecule has 1 heterocycles. The number of anilines is 1. The monoisotopic (exact) mass is 456 g/mol. The zero-order valence-electron chi connectivity index (χ0n) is 18.1. The molecule has 0 bridgehead atoms. The van der Waals surface area contributed by atoms with Crippen molar-refractivity contribution in [1.82, 2.24) is 4.31 Å². The number of aliphatic carboxylic acids is 1. The predicted octanol–water partition coefficient (Wildman–Crippen LogP) is 1.83. The Morgan fingerprint density at radius 1 is 1.25 bits per heavy atom. The van der Waals surface area contributed by atoms with E-state index in [1.54, 1.807) is 36.4 Å².